The van der Waals surface area contributed by atoms with Crippen molar-refractivity contribution in [3.8, 4) is 0 Å². The van der Waals surface area contributed by atoms with E-state index in [1.165, 1.54) is 0 Å². The first-order chi connectivity index (χ1) is 15.9. The van der Waals surface area contributed by atoms with Gasteiger partial charge in [0.1, 0.15) is 0 Å². The van der Waals surface area contributed by atoms with E-state index in [1.54, 1.807) is 24.3 Å². The van der Waals surface area contributed by atoms with E-state index in [-0.39, 0.29) is 23.7 Å². The Labute approximate surface area is 204 Å². The monoisotopic (exact) mass is 561 g/mol. The zero-order chi connectivity index (χ0) is 25.0. The zero-order valence-corrected chi connectivity index (χ0v) is 19.5. The van der Waals surface area contributed by atoms with Crippen LogP contribution < -0.4 is 10.7 Å². The molecule has 8 nitrogen and oxygen atoms in total. The van der Waals surface area contributed by atoms with Crippen molar-refractivity contribution in [3.05, 3.63) is 63.1 Å². The SMILES string of the molecule is O=C(COC(=O)[C@H]1CC(=O)N(NC(=O)c2ccc(Br)cc2)C1)Nc1cc(C(F)(F)F)ccc1Cl. The van der Waals surface area contributed by atoms with E-state index in [4.69, 9.17) is 16.3 Å². The second-order valence-corrected chi connectivity index (χ2v) is 8.52. The van der Waals surface area contributed by atoms with Crippen LogP contribution in [0.3, 0.4) is 0 Å². The van der Waals surface area contributed by atoms with E-state index in [1.807, 2.05) is 0 Å². The highest BCUT2D eigenvalue weighted by molar-refractivity contribution is 9.10. The lowest BCUT2D eigenvalue weighted by atomic mass is 10.1. The van der Waals surface area contributed by atoms with Crippen LogP contribution in [0.2, 0.25) is 5.02 Å². The summed E-state index contributed by atoms with van der Waals surface area (Å²) in [5.74, 6) is -3.80. The quantitative estimate of drug-likeness (QED) is 0.522. The normalized spacial score (nSPS) is 15.7. The van der Waals surface area contributed by atoms with E-state index in [0.717, 1.165) is 21.6 Å². The number of carbonyl (C=O) groups excluding carboxylic acids is 4. The Morgan fingerprint density at radius 1 is 1.15 bits per heavy atom. The number of carbonyl (C=O) groups is 4. The van der Waals surface area contributed by atoms with Crippen LogP contribution in [0.5, 0.6) is 0 Å². The predicted molar refractivity (Wildman–Crippen MR) is 117 cm³/mol. The van der Waals surface area contributed by atoms with Gasteiger partial charge >= 0.3 is 12.1 Å². The molecular weight excluding hydrogens is 547 g/mol. The highest BCUT2D eigenvalue weighted by atomic mass is 79.9. The number of nitrogens with one attached hydrogen (secondary N) is 2. The Balaban J connectivity index is 1.51. The van der Waals surface area contributed by atoms with Gasteiger partial charge in [0.25, 0.3) is 11.8 Å². The summed E-state index contributed by atoms with van der Waals surface area (Å²) in [7, 11) is 0. The van der Waals surface area contributed by atoms with Gasteiger partial charge in [0.05, 0.1) is 28.7 Å². The van der Waals surface area contributed by atoms with Crippen molar-refractivity contribution >= 4 is 56.9 Å². The topological polar surface area (TPSA) is 105 Å². The Morgan fingerprint density at radius 2 is 1.82 bits per heavy atom. The van der Waals surface area contributed by atoms with E-state index < -0.39 is 48.0 Å². The van der Waals surface area contributed by atoms with Crippen LogP contribution in [-0.4, -0.2) is 41.9 Å². The van der Waals surface area contributed by atoms with Crippen LogP contribution >= 0.6 is 27.5 Å². The molecular formula is C21H16BrClF3N3O5. The fourth-order valence-corrected chi connectivity index (χ4v) is 3.43. The number of benzene rings is 2. The zero-order valence-electron chi connectivity index (χ0n) is 17.1. The molecule has 180 valence electrons. The lowest BCUT2D eigenvalue weighted by Crippen LogP contribution is -2.43. The van der Waals surface area contributed by atoms with Gasteiger partial charge in [-0.25, -0.2) is 0 Å². The molecule has 0 aromatic heterocycles. The highest BCUT2D eigenvalue weighted by Gasteiger charge is 2.37. The molecule has 2 aromatic rings. The molecule has 1 saturated heterocycles. The second-order valence-electron chi connectivity index (χ2n) is 7.20. The van der Waals surface area contributed by atoms with Gasteiger partial charge < -0.3 is 10.1 Å². The maximum absolute atomic E-state index is 12.8. The number of halogens is 5. The highest BCUT2D eigenvalue weighted by Crippen LogP contribution is 2.33. The molecule has 1 atom stereocenters. The minimum atomic E-state index is -4.63. The summed E-state index contributed by atoms with van der Waals surface area (Å²) in [5.41, 5.74) is 1.39. The summed E-state index contributed by atoms with van der Waals surface area (Å²) in [4.78, 5) is 48.7. The third-order valence-electron chi connectivity index (χ3n) is 4.71. The van der Waals surface area contributed by atoms with Gasteiger partial charge in [-0.2, -0.15) is 13.2 Å². The minimum Gasteiger partial charge on any atom is -0.455 e. The van der Waals surface area contributed by atoms with Gasteiger partial charge in [-0.05, 0) is 42.5 Å². The van der Waals surface area contributed by atoms with Crippen molar-refractivity contribution < 1.29 is 37.1 Å². The van der Waals surface area contributed by atoms with Crippen LogP contribution in [0, 0.1) is 5.92 Å². The summed E-state index contributed by atoms with van der Waals surface area (Å²) in [6.45, 7) is -0.970. The Kier molecular flexibility index (Phi) is 7.82. The number of ether oxygens (including phenoxy) is 1. The molecule has 2 N–H and O–H groups in total. The molecule has 0 bridgehead atoms. The fraction of sp³-hybridized carbons (Fsp3) is 0.238. The number of rotatable bonds is 6. The predicted octanol–water partition coefficient (Wildman–Crippen LogP) is 3.80. The molecule has 0 unspecified atom stereocenters. The number of amides is 3. The number of hydrazine groups is 1. The lowest BCUT2D eigenvalue weighted by Gasteiger charge is -2.17. The van der Waals surface area contributed by atoms with Gasteiger partial charge in [0.2, 0.25) is 5.91 Å². The van der Waals surface area contributed by atoms with E-state index in [2.05, 4.69) is 26.7 Å². The Bertz CT molecular complexity index is 1130. The molecule has 3 rings (SSSR count). The maximum atomic E-state index is 12.8. The van der Waals surface area contributed by atoms with Crippen LogP contribution in [0.1, 0.15) is 22.3 Å². The fourth-order valence-electron chi connectivity index (χ4n) is 3.00. The molecule has 13 heteroatoms. The summed E-state index contributed by atoms with van der Waals surface area (Å²) < 4.78 is 44.2. The van der Waals surface area contributed by atoms with Crippen molar-refractivity contribution in [2.24, 2.45) is 5.92 Å². The van der Waals surface area contributed by atoms with Crippen molar-refractivity contribution in [1.82, 2.24) is 10.4 Å². The Hall–Kier alpha value is -3.12. The van der Waals surface area contributed by atoms with Crippen LogP contribution in [-0.2, 0) is 25.3 Å². The molecule has 0 aliphatic carbocycles. The molecule has 1 aliphatic heterocycles. The van der Waals surface area contributed by atoms with Crippen LogP contribution in [0.15, 0.2) is 46.9 Å². The van der Waals surface area contributed by atoms with Crippen LogP contribution in [0.4, 0.5) is 18.9 Å². The third kappa shape index (κ3) is 6.48. The number of esters is 1. The molecule has 1 fully saturated rings. The molecule has 3 amide bonds. The van der Waals surface area contributed by atoms with Gasteiger partial charge in [0, 0.05) is 16.5 Å². The molecule has 2 aromatic carbocycles. The van der Waals surface area contributed by atoms with E-state index in [9.17, 15) is 32.3 Å². The molecule has 34 heavy (non-hydrogen) atoms. The second kappa shape index (κ2) is 10.4. The first-order valence-electron chi connectivity index (χ1n) is 9.64. The smallest absolute Gasteiger partial charge is 0.416 e. The largest absolute Gasteiger partial charge is 0.455 e. The molecule has 0 radical (unpaired) electrons. The summed E-state index contributed by atoms with van der Waals surface area (Å²) in [6, 6.07) is 8.78. The number of hydrogen-bond acceptors (Lipinski definition) is 5. The summed E-state index contributed by atoms with van der Waals surface area (Å²) in [6.07, 6.45) is -4.88. The van der Waals surface area contributed by atoms with Crippen molar-refractivity contribution in [3.63, 3.8) is 0 Å². The third-order valence-corrected chi connectivity index (χ3v) is 5.57. The van der Waals surface area contributed by atoms with E-state index >= 15 is 0 Å². The summed E-state index contributed by atoms with van der Waals surface area (Å²) in [5, 5.41) is 3.00. The molecule has 1 aliphatic rings. The first-order valence-corrected chi connectivity index (χ1v) is 10.8. The minimum absolute atomic E-state index is 0.133. The molecule has 0 saturated carbocycles. The number of alkyl halides is 3. The summed E-state index contributed by atoms with van der Waals surface area (Å²) >= 11 is 9.06. The Morgan fingerprint density at radius 3 is 2.47 bits per heavy atom. The van der Waals surface area contributed by atoms with Gasteiger partial charge in [-0.15, -0.1) is 0 Å². The average Bonchev–Trinajstić information content (AvgIpc) is 3.13. The first kappa shape index (κ1) is 25.5. The average molecular weight is 563 g/mol. The maximum Gasteiger partial charge on any atom is 0.416 e. The van der Waals surface area contributed by atoms with Crippen molar-refractivity contribution in [1.29, 1.82) is 0 Å². The van der Waals surface area contributed by atoms with Gasteiger partial charge in [0.15, 0.2) is 6.61 Å². The van der Waals surface area contributed by atoms with Gasteiger partial charge in [-0.3, -0.25) is 29.6 Å². The van der Waals surface area contributed by atoms with E-state index in [0.29, 0.717) is 11.6 Å². The number of nitrogens with zero attached hydrogens (tertiary/aromatic N) is 1. The lowest BCUT2D eigenvalue weighted by molar-refractivity contribution is -0.151. The number of hydrogen-bond donors (Lipinski definition) is 2. The number of anilines is 1. The molecule has 0 spiro atoms. The molecule has 1 heterocycles. The standard InChI is InChI=1S/C21H16BrClF3N3O5/c22-14-4-1-11(2-5-14)19(32)28-29-9-12(7-18(29)31)20(33)34-10-17(30)27-16-8-13(21(24,25)26)3-6-15(16)23/h1-6,8,12H,7,9-10H2,(H,27,30)(H,28,32)/t12-/m0/s1. The van der Waals surface area contributed by atoms with Crippen molar-refractivity contribution in [2.45, 2.75) is 12.6 Å². The van der Waals surface area contributed by atoms with Crippen molar-refractivity contribution in [2.75, 3.05) is 18.5 Å². The van der Waals surface area contributed by atoms with Gasteiger partial charge in [-0.1, -0.05) is 27.5 Å². The van der Waals surface area contributed by atoms with Crippen LogP contribution in [0.25, 0.3) is 0 Å².